The average Bonchev–Trinajstić information content (AvgIpc) is 2.47. The number of hydrogen-bond donors (Lipinski definition) is 1. The first kappa shape index (κ1) is 15.5. The zero-order valence-electron chi connectivity index (χ0n) is 13.3. The van der Waals surface area contributed by atoms with Crippen LogP contribution in [0.1, 0.15) is 45.1 Å². The number of piperidine rings is 1. The maximum Gasteiger partial charge on any atom is 0.0201 e. The van der Waals surface area contributed by atoms with E-state index in [1.54, 1.807) is 0 Å². The molecular weight excluding hydrogens is 244 g/mol. The number of likely N-dealkylation sites (tertiary alicyclic amines) is 1. The van der Waals surface area contributed by atoms with Gasteiger partial charge in [0.25, 0.3) is 0 Å². The Morgan fingerprint density at radius 3 is 2.60 bits per heavy atom. The molecule has 20 heavy (non-hydrogen) atoms. The van der Waals surface area contributed by atoms with Crippen LogP contribution in [0.3, 0.4) is 0 Å². The Bertz CT molecular complexity index is 374. The van der Waals surface area contributed by atoms with Crippen molar-refractivity contribution in [3.05, 3.63) is 35.9 Å². The summed E-state index contributed by atoms with van der Waals surface area (Å²) in [5, 5.41) is 3.78. The maximum atomic E-state index is 3.78. The number of likely N-dealkylation sites (N-methyl/N-ethyl adjacent to an activating group) is 1. The lowest BCUT2D eigenvalue weighted by atomic mass is 9.88. The predicted molar refractivity (Wildman–Crippen MR) is 87.2 cm³/mol. The second kappa shape index (κ2) is 7.80. The predicted octanol–water partition coefficient (Wildman–Crippen LogP) is 3.50. The highest BCUT2D eigenvalue weighted by atomic mass is 15.2. The van der Waals surface area contributed by atoms with Crippen molar-refractivity contribution in [2.45, 2.75) is 45.6 Å². The van der Waals surface area contributed by atoms with Crippen LogP contribution in [-0.4, -0.2) is 37.1 Å². The third-order valence-corrected chi connectivity index (χ3v) is 4.40. The molecule has 1 heterocycles. The van der Waals surface area contributed by atoms with Gasteiger partial charge in [0.1, 0.15) is 0 Å². The molecule has 1 aliphatic heterocycles. The van der Waals surface area contributed by atoms with Gasteiger partial charge >= 0.3 is 0 Å². The van der Waals surface area contributed by atoms with Crippen LogP contribution in [0.15, 0.2) is 30.3 Å². The first-order chi connectivity index (χ1) is 9.69. The van der Waals surface area contributed by atoms with Crippen LogP contribution < -0.4 is 5.32 Å². The van der Waals surface area contributed by atoms with Crippen molar-refractivity contribution in [2.75, 3.05) is 26.2 Å². The van der Waals surface area contributed by atoms with Crippen LogP contribution in [0.2, 0.25) is 0 Å². The number of nitrogens with one attached hydrogen (secondary N) is 1. The maximum absolute atomic E-state index is 3.78. The second-order valence-electron chi connectivity index (χ2n) is 6.53. The second-order valence-corrected chi connectivity index (χ2v) is 6.53. The summed E-state index contributed by atoms with van der Waals surface area (Å²) in [4.78, 5) is 2.59. The molecule has 2 atom stereocenters. The smallest absolute Gasteiger partial charge is 0.0201 e. The molecule has 1 saturated heterocycles. The molecular formula is C18H30N2. The van der Waals surface area contributed by atoms with Gasteiger partial charge in [-0.15, -0.1) is 0 Å². The van der Waals surface area contributed by atoms with Crippen molar-refractivity contribution >= 4 is 0 Å². The van der Waals surface area contributed by atoms with Gasteiger partial charge in [0.2, 0.25) is 0 Å². The monoisotopic (exact) mass is 274 g/mol. The zero-order chi connectivity index (χ0) is 14.4. The lowest BCUT2D eigenvalue weighted by molar-refractivity contribution is 0.178. The van der Waals surface area contributed by atoms with Crippen LogP contribution in [0, 0.1) is 5.92 Å². The van der Waals surface area contributed by atoms with Gasteiger partial charge in [0.15, 0.2) is 0 Å². The number of benzene rings is 1. The topological polar surface area (TPSA) is 15.3 Å². The molecule has 1 aliphatic rings. The van der Waals surface area contributed by atoms with Gasteiger partial charge < -0.3 is 10.2 Å². The number of rotatable bonds is 6. The fourth-order valence-corrected chi connectivity index (χ4v) is 3.14. The Hall–Kier alpha value is -0.860. The van der Waals surface area contributed by atoms with E-state index in [1.807, 2.05) is 0 Å². The highest BCUT2D eigenvalue weighted by molar-refractivity contribution is 5.21. The molecule has 0 amide bonds. The Kier molecular flexibility index (Phi) is 6.06. The number of nitrogens with zero attached hydrogens (tertiary/aromatic N) is 1. The largest absolute Gasteiger partial charge is 0.313 e. The SMILES string of the molecule is CCN1CC(NCCC(C)C)CC(c2ccccc2)C1. The normalized spacial score (nSPS) is 24.2. The van der Waals surface area contributed by atoms with Crippen LogP contribution in [0.5, 0.6) is 0 Å². The van der Waals surface area contributed by atoms with E-state index in [0.717, 1.165) is 19.0 Å². The van der Waals surface area contributed by atoms with Gasteiger partial charge in [-0.3, -0.25) is 0 Å². The summed E-state index contributed by atoms with van der Waals surface area (Å²) in [5.74, 6) is 1.47. The Labute approximate surface area is 124 Å². The Balaban J connectivity index is 1.93. The van der Waals surface area contributed by atoms with Crippen molar-refractivity contribution < 1.29 is 0 Å². The molecule has 1 fully saturated rings. The standard InChI is InChI=1S/C18H30N2/c1-4-20-13-17(16-8-6-5-7-9-16)12-18(14-20)19-11-10-15(2)3/h5-9,15,17-19H,4,10-14H2,1-3H3. The minimum absolute atomic E-state index is 0.646. The third kappa shape index (κ3) is 4.60. The van der Waals surface area contributed by atoms with E-state index < -0.39 is 0 Å². The molecule has 1 aromatic rings. The summed E-state index contributed by atoms with van der Waals surface area (Å²) < 4.78 is 0. The van der Waals surface area contributed by atoms with Gasteiger partial charge in [0.05, 0.1) is 0 Å². The third-order valence-electron chi connectivity index (χ3n) is 4.40. The molecule has 0 aliphatic carbocycles. The minimum atomic E-state index is 0.646. The molecule has 0 spiro atoms. The molecule has 0 bridgehead atoms. The molecule has 2 unspecified atom stereocenters. The van der Waals surface area contributed by atoms with Crippen molar-refractivity contribution in [3.63, 3.8) is 0 Å². The van der Waals surface area contributed by atoms with E-state index in [9.17, 15) is 0 Å². The molecule has 112 valence electrons. The quantitative estimate of drug-likeness (QED) is 0.854. The molecule has 2 nitrogen and oxygen atoms in total. The van der Waals surface area contributed by atoms with Gasteiger partial charge in [-0.05, 0) is 43.3 Å². The highest BCUT2D eigenvalue weighted by Gasteiger charge is 2.26. The van der Waals surface area contributed by atoms with E-state index >= 15 is 0 Å². The summed E-state index contributed by atoms with van der Waals surface area (Å²) in [6.45, 7) is 11.6. The fraction of sp³-hybridized carbons (Fsp3) is 0.667. The van der Waals surface area contributed by atoms with E-state index in [0.29, 0.717) is 12.0 Å². The van der Waals surface area contributed by atoms with E-state index in [1.165, 1.54) is 31.5 Å². The molecule has 0 aromatic heterocycles. The van der Waals surface area contributed by atoms with Crippen LogP contribution >= 0.6 is 0 Å². The lowest BCUT2D eigenvalue weighted by Gasteiger charge is -2.38. The van der Waals surface area contributed by atoms with Crippen LogP contribution in [0.25, 0.3) is 0 Å². The first-order valence-electron chi connectivity index (χ1n) is 8.19. The van der Waals surface area contributed by atoms with Crippen molar-refractivity contribution in [1.82, 2.24) is 10.2 Å². The fourth-order valence-electron chi connectivity index (χ4n) is 3.14. The zero-order valence-corrected chi connectivity index (χ0v) is 13.3. The van der Waals surface area contributed by atoms with Gasteiger partial charge in [-0.25, -0.2) is 0 Å². The highest BCUT2D eigenvalue weighted by Crippen LogP contribution is 2.26. The van der Waals surface area contributed by atoms with Crippen LogP contribution in [0.4, 0.5) is 0 Å². The molecule has 1 aromatic carbocycles. The summed E-state index contributed by atoms with van der Waals surface area (Å²) >= 11 is 0. The van der Waals surface area contributed by atoms with Crippen molar-refractivity contribution in [2.24, 2.45) is 5.92 Å². The van der Waals surface area contributed by atoms with E-state index in [-0.39, 0.29) is 0 Å². The number of hydrogen-bond acceptors (Lipinski definition) is 2. The summed E-state index contributed by atoms with van der Waals surface area (Å²) in [7, 11) is 0. The Morgan fingerprint density at radius 1 is 1.20 bits per heavy atom. The Morgan fingerprint density at radius 2 is 1.95 bits per heavy atom. The summed E-state index contributed by atoms with van der Waals surface area (Å²) in [5.41, 5.74) is 1.50. The first-order valence-corrected chi connectivity index (χ1v) is 8.19. The van der Waals surface area contributed by atoms with Crippen molar-refractivity contribution in [1.29, 1.82) is 0 Å². The average molecular weight is 274 g/mol. The van der Waals surface area contributed by atoms with E-state index in [4.69, 9.17) is 0 Å². The molecule has 0 radical (unpaired) electrons. The summed E-state index contributed by atoms with van der Waals surface area (Å²) in [6.07, 6.45) is 2.55. The summed E-state index contributed by atoms with van der Waals surface area (Å²) in [6, 6.07) is 11.7. The van der Waals surface area contributed by atoms with Gasteiger partial charge in [0, 0.05) is 19.1 Å². The van der Waals surface area contributed by atoms with Gasteiger partial charge in [-0.1, -0.05) is 51.1 Å². The van der Waals surface area contributed by atoms with Crippen LogP contribution in [-0.2, 0) is 0 Å². The molecule has 2 heteroatoms. The van der Waals surface area contributed by atoms with Crippen molar-refractivity contribution in [3.8, 4) is 0 Å². The van der Waals surface area contributed by atoms with Gasteiger partial charge in [-0.2, -0.15) is 0 Å². The molecule has 1 N–H and O–H groups in total. The minimum Gasteiger partial charge on any atom is -0.313 e. The molecule has 0 saturated carbocycles. The molecule has 2 rings (SSSR count). The van der Waals surface area contributed by atoms with E-state index in [2.05, 4.69) is 61.3 Å². The lowest BCUT2D eigenvalue weighted by Crippen LogP contribution is -2.48.